The number of fused-ring (bicyclic) bond motifs is 1. The molecule has 3 rings (SSSR count). The van der Waals surface area contributed by atoms with Crippen LogP contribution in [0.25, 0.3) is 11.0 Å². The normalized spacial score (nSPS) is 18.8. The van der Waals surface area contributed by atoms with Crippen molar-refractivity contribution < 1.29 is 13.9 Å². The highest BCUT2D eigenvalue weighted by molar-refractivity contribution is 7.99. The lowest BCUT2D eigenvalue weighted by molar-refractivity contribution is 0.119. The van der Waals surface area contributed by atoms with Gasteiger partial charge in [-0.1, -0.05) is 0 Å². The summed E-state index contributed by atoms with van der Waals surface area (Å²) in [4.78, 5) is 0. The van der Waals surface area contributed by atoms with Crippen LogP contribution in [0.2, 0.25) is 0 Å². The van der Waals surface area contributed by atoms with E-state index in [-0.39, 0.29) is 5.82 Å². The predicted molar refractivity (Wildman–Crippen MR) is 75.8 cm³/mol. The fraction of sp³-hybridized carbons (Fsp3) is 0.467. The summed E-state index contributed by atoms with van der Waals surface area (Å²) in [6, 6.07) is 6.17. The van der Waals surface area contributed by atoms with Gasteiger partial charge in [0, 0.05) is 5.39 Å². The van der Waals surface area contributed by atoms with Gasteiger partial charge in [-0.3, -0.25) is 0 Å². The largest absolute Gasteiger partial charge is 0.458 e. The predicted octanol–water partition coefficient (Wildman–Crippen LogP) is 4.14. The molecule has 2 aromatic rings. The van der Waals surface area contributed by atoms with Gasteiger partial charge >= 0.3 is 0 Å². The average molecular weight is 280 g/mol. The first-order valence-electron chi connectivity index (χ1n) is 6.67. The van der Waals surface area contributed by atoms with Gasteiger partial charge in [0.05, 0.1) is 0 Å². The number of aliphatic hydroxyl groups excluding tert-OH is 1. The molecular formula is C15H17FO2S. The van der Waals surface area contributed by atoms with Crippen molar-refractivity contribution in [1.82, 2.24) is 0 Å². The lowest BCUT2D eigenvalue weighted by Gasteiger charge is -2.22. The Balaban J connectivity index is 1.75. The highest BCUT2D eigenvalue weighted by Gasteiger charge is 2.21. The Morgan fingerprint density at radius 2 is 2.11 bits per heavy atom. The van der Waals surface area contributed by atoms with Gasteiger partial charge in [0.2, 0.25) is 0 Å². The smallest absolute Gasteiger partial charge is 0.134 e. The van der Waals surface area contributed by atoms with E-state index in [1.807, 2.05) is 11.8 Å². The molecule has 1 aliphatic rings. The standard InChI is InChI=1S/C15H17FO2S/c16-12-1-2-14-11(8-12)9-15(18-14)13(17)7-10-3-5-19-6-4-10/h1-2,8-10,13,17H,3-7H2. The molecule has 1 fully saturated rings. The third-order valence-corrected chi connectivity index (χ3v) is 4.77. The van der Waals surface area contributed by atoms with Crippen LogP contribution < -0.4 is 0 Å². The van der Waals surface area contributed by atoms with E-state index in [1.54, 1.807) is 12.1 Å². The van der Waals surface area contributed by atoms with E-state index in [2.05, 4.69) is 0 Å². The van der Waals surface area contributed by atoms with Crippen molar-refractivity contribution in [1.29, 1.82) is 0 Å². The van der Waals surface area contributed by atoms with Crippen molar-refractivity contribution in [3.63, 3.8) is 0 Å². The second kappa shape index (κ2) is 5.55. The van der Waals surface area contributed by atoms with E-state index in [0.717, 1.165) is 19.3 Å². The molecule has 0 aliphatic carbocycles. The molecule has 19 heavy (non-hydrogen) atoms. The number of hydrogen-bond acceptors (Lipinski definition) is 3. The van der Waals surface area contributed by atoms with Crippen LogP contribution in [-0.4, -0.2) is 16.6 Å². The van der Waals surface area contributed by atoms with E-state index in [4.69, 9.17) is 4.42 Å². The SMILES string of the molecule is OC(CC1CCSCC1)c1cc2cc(F)ccc2o1. The van der Waals surface area contributed by atoms with Crippen LogP contribution in [0, 0.1) is 11.7 Å². The fourth-order valence-corrected chi connectivity index (χ4v) is 3.82. The Morgan fingerprint density at radius 3 is 2.89 bits per heavy atom. The van der Waals surface area contributed by atoms with Crippen LogP contribution >= 0.6 is 11.8 Å². The molecule has 1 atom stereocenters. The molecule has 1 saturated heterocycles. The number of rotatable bonds is 3. The molecular weight excluding hydrogens is 263 g/mol. The highest BCUT2D eigenvalue weighted by Crippen LogP contribution is 2.33. The molecule has 1 aliphatic heterocycles. The third-order valence-electron chi connectivity index (χ3n) is 3.72. The monoisotopic (exact) mass is 280 g/mol. The van der Waals surface area contributed by atoms with Crippen molar-refractivity contribution >= 4 is 22.7 Å². The molecule has 0 amide bonds. The molecule has 1 aromatic carbocycles. The molecule has 1 aromatic heterocycles. The van der Waals surface area contributed by atoms with Gasteiger partial charge in [-0.2, -0.15) is 11.8 Å². The van der Waals surface area contributed by atoms with Gasteiger partial charge in [-0.05, 0) is 61.0 Å². The Labute approximate surface area is 116 Å². The minimum absolute atomic E-state index is 0.279. The Kier molecular flexibility index (Phi) is 3.80. The van der Waals surface area contributed by atoms with E-state index < -0.39 is 6.10 Å². The number of thioether (sulfide) groups is 1. The first-order valence-corrected chi connectivity index (χ1v) is 7.82. The van der Waals surface area contributed by atoms with Crippen LogP contribution in [0.1, 0.15) is 31.1 Å². The average Bonchev–Trinajstić information content (AvgIpc) is 2.83. The van der Waals surface area contributed by atoms with Gasteiger partial charge in [0.25, 0.3) is 0 Å². The molecule has 0 bridgehead atoms. The zero-order chi connectivity index (χ0) is 13.2. The van der Waals surface area contributed by atoms with Gasteiger partial charge in [0.15, 0.2) is 0 Å². The second-order valence-electron chi connectivity index (χ2n) is 5.14. The van der Waals surface area contributed by atoms with Gasteiger partial charge < -0.3 is 9.52 Å². The van der Waals surface area contributed by atoms with Gasteiger partial charge in [-0.25, -0.2) is 4.39 Å². The Morgan fingerprint density at radius 1 is 1.32 bits per heavy atom. The second-order valence-corrected chi connectivity index (χ2v) is 6.36. The number of benzene rings is 1. The summed E-state index contributed by atoms with van der Waals surface area (Å²) < 4.78 is 18.7. The topological polar surface area (TPSA) is 33.4 Å². The molecule has 2 heterocycles. The minimum Gasteiger partial charge on any atom is -0.458 e. The lowest BCUT2D eigenvalue weighted by Crippen LogP contribution is -2.13. The summed E-state index contributed by atoms with van der Waals surface area (Å²) in [5.74, 6) is 3.21. The summed E-state index contributed by atoms with van der Waals surface area (Å²) in [6.45, 7) is 0. The zero-order valence-electron chi connectivity index (χ0n) is 10.6. The molecule has 102 valence electrons. The fourth-order valence-electron chi connectivity index (χ4n) is 2.61. The van der Waals surface area contributed by atoms with Crippen molar-refractivity contribution in [2.75, 3.05) is 11.5 Å². The summed E-state index contributed by atoms with van der Waals surface area (Å²) in [7, 11) is 0. The maximum atomic E-state index is 13.1. The van der Waals surface area contributed by atoms with E-state index in [9.17, 15) is 9.50 Å². The highest BCUT2D eigenvalue weighted by atomic mass is 32.2. The molecule has 4 heteroatoms. The van der Waals surface area contributed by atoms with Crippen LogP contribution in [0.5, 0.6) is 0 Å². The summed E-state index contributed by atoms with van der Waals surface area (Å²) in [5, 5.41) is 11.0. The van der Waals surface area contributed by atoms with E-state index in [1.165, 1.54) is 23.6 Å². The molecule has 0 saturated carbocycles. The number of hydrogen-bond donors (Lipinski definition) is 1. The van der Waals surface area contributed by atoms with Crippen molar-refractivity contribution in [3.05, 3.63) is 35.8 Å². The van der Waals surface area contributed by atoms with E-state index in [0.29, 0.717) is 22.6 Å². The quantitative estimate of drug-likeness (QED) is 0.917. The summed E-state index contributed by atoms with van der Waals surface area (Å²) >= 11 is 1.98. The van der Waals surface area contributed by atoms with E-state index >= 15 is 0 Å². The first-order chi connectivity index (χ1) is 9.22. The Hall–Kier alpha value is -1.00. The molecule has 0 spiro atoms. The minimum atomic E-state index is -0.580. The molecule has 2 nitrogen and oxygen atoms in total. The van der Waals surface area contributed by atoms with Gasteiger partial charge in [-0.15, -0.1) is 0 Å². The maximum absolute atomic E-state index is 13.1. The molecule has 0 radical (unpaired) electrons. The maximum Gasteiger partial charge on any atom is 0.134 e. The first kappa shape index (κ1) is 13.0. The third kappa shape index (κ3) is 2.95. The number of furan rings is 1. The van der Waals surface area contributed by atoms with Crippen LogP contribution in [0.4, 0.5) is 4.39 Å². The van der Waals surface area contributed by atoms with Crippen LogP contribution in [0.3, 0.4) is 0 Å². The van der Waals surface area contributed by atoms with Gasteiger partial charge in [0.1, 0.15) is 23.3 Å². The van der Waals surface area contributed by atoms with Crippen molar-refractivity contribution in [2.45, 2.75) is 25.4 Å². The zero-order valence-corrected chi connectivity index (χ0v) is 11.5. The lowest BCUT2D eigenvalue weighted by atomic mass is 9.94. The van der Waals surface area contributed by atoms with Crippen LogP contribution in [-0.2, 0) is 0 Å². The number of halogens is 1. The van der Waals surface area contributed by atoms with Crippen LogP contribution in [0.15, 0.2) is 28.7 Å². The van der Waals surface area contributed by atoms with Crippen molar-refractivity contribution in [2.24, 2.45) is 5.92 Å². The molecule has 1 N–H and O–H groups in total. The summed E-state index contributed by atoms with van der Waals surface area (Å²) in [5.41, 5.74) is 0.634. The summed E-state index contributed by atoms with van der Waals surface area (Å²) in [6.07, 6.45) is 2.49. The van der Waals surface area contributed by atoms with Crippen molar-refractivity contribution in [3.8, 4) is 0 Å². The molecule has 1 unspecified atom stereocenters. The number of aliphatic hydroxyl groups is 1. The Bertz CT molecular complexity index is 560.